The Kier molecular flexibility index (Phi) is 4.74. The number of halogens is 1. The molecule has 2 nitrogen and oxygen atoms in total. The van der Waals surface area contributed by atoms with Crippen molar-refractivity contribution in [3.8, 4) is 5.75 Å². The van der Waals surface area contributed by atoms with E-state index in [-0.39, 0.29) is 18.3 Å². The molecule has 0 radical (unpaired) electrons. The first-order valence-corrected chi connectivity index (χ1v) is 6.66. The molecule has 2 rings (SSSR count). The van der Waals surface area contributed by atoms with E-state index in [1.807, 2.05) is 31.2 Å². The zero-order chi connectivity index (χ0) is 14.5. The van der Waals surface area contributed by atoms with E-state index in [0.29, 0.717) is 12.2 Å². The third kappa shape index (κ3) is 3.17. The lowest BCUT2D eigenvalue weighted by Crippen LogP contribution is -2.06. The second-order valence-corrected chi connectivity index (χ2v) is 4.86. The topological polar surface area (TPSA) is 29.5 Å². The van der Waals surface area contributed by atoms with E-state index in [2.05, 4.69) is 0 Å². The van der Waals surface area contributed by atoms with Crippen LogP contribution in [0.5, 0.6) is 5.75 Å². The number of benzene rings is 2. The van der Waals surface area contributed by atoms with E-state index in [0.717, 1.165) is 11.1 Å². The highest BCUT2D eigenvalue weighted by molar-refractivity contribution is 5.43. The number of aliphatic hydroxyl groups is 1. The summed E-state index contributed by atoms with van der Waals surface area (Å²) in [5.41, 5.74) is 2.99. The first kappa shape index (κ1) is 14.5. The Bertz CT molecular complexity index is 564. The van der Waals surface area contributed by atoms with Gasteiger partial charge in [0.15, 0.2) is 0 Å². The molecule has 1 atom stereocenters. The summed E-state index contributed by atoms with van der Waals surface area (Å²) in [7, 11) is 1.57. The molecule has 0 heterocycles. The second kappa shape index (κ2) is 6.53. The highest BCUT2D eigenvalue weighted by Gasteiger charge is 2.18. The van der Waals surface area contributed by atoms with Crippen LogP contribution in [0.1, 0.15) is 29.0 Å². The van der Waals surface area contributed by atoms with Gasteiger partial charge in [-0.05, 0) is 37.1 Å². The van der Waals surface area contributed by atoms with Gasteiger partial charge in [-0.1, -0.05) is 29.8 Å². The normalized spacial score (nSPS) is 12.2. The summed E-state index contributed by atoms with van der Waals surface area (Å²) >= 11 is 0. The quantitative estimate of drug-likeness (QED) is 0.901. The largest absolute Gasteiger partial charge is 0.496 e. The predicted molar refractivity (Wildman–Crippen MR) is 77.7 cm³/mol. The molecule has 0 aliphatic heterocycles. The van der Waals surface area contributed by atoms with Crippen molar-refractivity contribution in [1.82, 2.24) is 0 Å². The number of aliphatic hydroxyl groups excluding tert-OH is 1. The first-order valence-electron chi connectivity index (χ1n) is 6.66. The lowest BCUT2D eigenvalue weighted by atomic mass is 9.87. The standard InChI is InChI=1S/C17H19FO2/c1-12-3-5-13(6-4-12)15(9-10-19)16-11-14(18)7-8-17(16)20-2/h3-8,11,15,19H,9-10H2,1-2H3. The summed E-state index contributed by atoms with van der Waals surface area (Å²) in [6, 6.07) is 12.6. The number of ether oxygens (including phenoxy) is 1. The van der Waals surface area contributed by atoms with Crippen LogP contribution in [0.3, 0.4) is 0 Å². The van der Waals surface area contributed by atoms with Crippen LogP contribution in [0, 0.1) is 12.7 Å². The predicted octanol–water partition coefficient (Wildman–Crippen LogP) is 3.66. The van der Waals surface area contributed by atoms with E-state index in [4.69, 9.17) is 4.74 Å². The monoisotopic (exact) mass is 274 g/mol. The number of methoxy groups -OCH3 is 1. The number of hydrogen-bond acceptors (Lipinski definition) is 2. The summed E-state index contributed by atoms with van der Waals surface area (Å²) in [5, 5.41) is 9.31. The van der Waals surface area contributed by atoms with Gasteiger partial charge in [0.2, 0.25) is 0 Å². The Morgan fingerprint density at radius 3 is 2.45 bits per heavy atom. The van der Waals surface area contributed by atoms with E-state index in [1.165, 1.54) is 17.7 Å². The molecule has 20 heavy (non-hydrogen) atoms. The van der Waals surface area contributed by atoms with Crippen LogP contribution in [-0.4, -0.2) is 18.8 Å². The minimum atomic E-state index is -0.296. The average molecular weight is 274 g/mol. The van der Waals surface area contributed by atoms with Gasteiger partial charge in [0.1, 0.15) is 11.6 Å². The maximum atomic E-state index is 13.5. The fraction of sp³-hybridized carbons (Fsp3) is 0.294. The first-order chi connectivity index (χ1) is 9.65. The molecule has 0 bridgehead atoms. The Morgan fingerprint density at radius 1 is 1.15 bits per heavy atom. The molecule has 0 amide bonds. The van der Waals surface area contributed by atoms with Crippen LogP contribution in [0.25, 0.3) is 0 Å². The van der Waals surface area contributed by atoms with Gasteiger partial charge in [0.25, 0.3) is 0 Å². The second-order valence-electron chi connectivity index (χ2n) is 4.86. The van der Waals surface area contributed by atoms with Crippen LogP contribution < -0.4 is 4.74 Å². The van der Waals surface area contributed by atoms with Gasteiger partial charge in [-0.2, -0.15) is 0 Å². The minimum absolute atomic E-state index is 0.0399. The highest BCUT2D eigenvalue weighted by atomic mass is 19.1. The average Bonchev–Trinajstić information content (AvgIpc) is 2.46. The fourth-order valence-electron chi connectivity index (χ4n) is 2.41. The van der Waals surface area contributed by atoms with Crippen LogP contribution >= 0.6 is 0 Å². The molecule has 0 saturated carbocycles. The summed E-state index contributed by atoms with van der Waals surface area (Å²) in [6.45, 7) is 2.06. The van der Waals surface area contributed by atoms with Crippen molar-refractivity contribution in [3.63, 3.8) is 0 Å². The summed E-state index contributed by atoms with van der Waals surface area (Å²) in [4.78, 5) is 0. The number of hydrogen-bond donors (Lipinski definition) is 1. The molecular formula is C17H19FO2. The van der Waals surface area contributed by atoms with Gasteiger partial charge in [-0.15, -0.1) is 0 Å². The smallest absolute Gasteiger partial charge is 0.123 e. The van der Waals surface area contributed by atoms with Crippen molar-refractivity contribution >= 4 is 0 Å². The lowest BCUT2D eigenvalue weighted by molar-refractivity contribution is 0.280. The van der Waals surface area contributed by atoms with Crippen molar-refractivity contribution in [3.05, 3.63) is 65.0 Å². The molecule has 106 valence electrons. The third-order valence-corrected chi connectivity index (χ3v) is 3.46. The zero-order valence-electron chi connectivity index (χ0n) is 11.8. The Hall–Kier alpha value is -1.87. The molecule has 0 aliphatic rings. The maximum absolute atomic E-state index is 13.5. The van der Waals surface area contributed by atoms with Crippen LogP contribution in [0.4, 0.5) is 4.39 Å². The van der Waals surface area contributed by atoms with Gasteiger partial charge in [0.05, 0.1) is 7.11 Å². The van der Waals surface area contributed by atoms with Gasteiger partial charge < -0.3 is 9.84 Å². The minimum Gasteiger partial charge on any atom is -0.496 e. The van der Waals surface area contributed by atoms with Gasteiger partial charge in [-0.3, -0.25) is 0 Å². The van der Waals surface area contributed by atoms with Crippen LogP contribution in [0.15, 0.2) is 42.5 Å². The third-order valence-electron chi connectivity index (χ3n) is 3.46. The molecule has 0 saturated heterocycles. The summed E-state index contributed by atoms with van der Waals surface area (Å²) in [6.07, 6.45) is 0.531. The van der Waals surface area contributed by atoms with E-state index >= 15 is 0 Å². The van der Waals surface area contributed by atoms with Crippen molar-refractivity contribution < 1.29 is 14.2 Å². The van der Waals surface area contributed by atoms with E-state index < -0.39 is 0 Å². The molecule has 2 aromatic carbocycles. The number of aryl methyl sites for hydroxylation is 1. The van der Waals surface area contributed by atoms with Crippen molar-refractivity contribution in [2.24, 2.45) is 0 Å². The number of rotatable bonds is 5. The molecule has 2 aromatic rings. The summed E-state index contributed by atoms with van der Waals surface area (Å²) < 4.78 is 18.9. The SMILES string of the molecule is COc1ccc(F)cc1C(CCO)c1ccc(C)cc1. The van der Waals surface area contributed by atoms with Crippen LogP contribution in [-0.2, 0) is 0 Å². The summed E-state index contributed by atoms with van der Waals surface area (Å²) in [5.74, 6) is 0.271. The Labute approximate surface area is 118 Å². The van der Waals surface area contributed by atoms with E-state index in [9.17, 15) is 9.50 Å². The molecule has 0 aromatic heterocycles. The molecule has 1 N–H and O–H groups in total. The molecule has 3 heteroatoms. The Morgan fingerprint density at radius 2 is 1.85 bits per heavy atom. The van der Waals surface area contributed by atoms with Crippen molar-refractivity contribution in [2.45, 2.75) is 19.3 Å². The highest BCUT2D eigenvalue weighted by Crippen LogP contribution is 2.34. The van der Waals surface area contributed by atoms with E-state index in [1.54, 1.807) is 13.2 Å². The fourth-order valence-corrected chi connectivity index (χ4v) is 2.41. The van der Waals surface area contributed by atoms with Gasteiger partial charge in [-0.25, -0.2) is 4.39 Å². The zero-order valence-corrected chi connectivity index (χ0v) is 11.8. The lowest BCUT2D eigenvalue weighted by Gasteiger charge is -2.20. The molecule has 1 unspecified atom stereocenters. The maximum Gasteiger partial charge on any atom is 0.123 e. The van der Waals surface area contributed by atoms with Crippen molar-refractivity contribution in [2.75, 3.05) is 13.7 Å². The molecule has 0 aliphatic carbocycles. The molecule has 0 spiro atoms. The van der Waals surface area contributed by atoms with Gasteiger partial charge >= 0.3 is 0 Å². The van der Waals surface area contributed by atoms with Crippen LogP contribution in [0.2, 0.25) is 0 Å². The molecular weight excluding hydrogens is 255 g/mol. The van der Waals surface area contributed by atoms with Gasteiger partial charge in [0, 0.05) is 18.1 Å². The van der Waals surface area contributed by atoms with Crippen molar-refractivity contribution in [1.29, 1.82) is 0 Å². The Balaban J connectivity index is 2.47. The molecule has 0 fully saturated rings.